The smallest absolute Gasteiger partial charge is 0.139 e. The molecule has 2 aromatic carbocycles. The zero-order valence-electron chi connectivity index (χ0n) is 23.4. The Hall–Kier alpha value is -3.29. The van der Waals surface area contributed by atoms with Crippen LogP contribution in [0, 0.1) is 11.7 Å². The molecule has 0 unspecified atom stereocenters. The van der Waals surface area contributed by atoms with E-state index in [0.717, 1.165) is 60.9 Å². The standard InChI is InChI=1S/C32H40FN3O3/c1-24(2)23-39-32-19-25(18-28(33)20-32)4-9-30(37)21-29-8-5-27(22-34-29)26-6-10-31(11-7-26)38-17-16-36-14-12-35(3)13-15-36/h5-8,10-11,18-20,22,24H,4,9,12-17,21,23H2,1-3H3. The Morgan fingerprint density at radius 3 is 2.38 bits per heavy atom. The van der Waals surface area contributed by atoms with Crippen LogP contribution in [0.15, 0.2) is 60.8 Å². The van der Waals surface area contributed by atoms with Gasteiger partial charge in [0.1, 0.15) is 29.7 Å². The van der Waals surface area contributed by atoms with E-state index in [1.54, 1.807) is 6.20 Å². The van der Waals surface area contributed by atoms with Gasteiger partial charge in [0, 0.05) is 69.1 Å². The highest BCUT2D eigenvalue weighted by Crippen LogP contribution is 2.23. The van der Waals surface area contributed by atoms with Crippen molar-refractivity contribution in [1.29, 1.82) is 0 Å². The minimum Gasteiger partial charge on any atom is -0.493 e. The van der Waals surface area contributed by atoms with E-state index in [-0.39, 0.29) is 18.0 Å². The third-order valence-corrected chi connectivity index (χ3v) is 6.87. The second-order valence-electron chi connectivity index (χ2n) is 10.8. The van der Waals surface area contributed by atoms with Gasteiger partial charge in [-0.1, -0.05) is 32.0 Å². The van der Waals surface area contributed by atoms with Crippen LogP contribution in [-0.2, 0) is 17.6 Å². The number of hydrogen-bond donors (Lipinski definition) is 0. The van der Waals surface area contributed by atoms with Gasteiger partial charge in [0.15, 0.2) is 0 Å². The van der Waals surface area contributed by atoms with Gasteiger partial charge in [-0.3, -0.25) is 14.7 Å². The lowest BCUT2D eigenvalue weighted by Crippen LogP contribution is -2.45. The average Bonchev–Trinajstić information content (AvgIpc) is 2.92. The third-order valence-electron chi connectivity index (χ3n) is 6.87. The molecule has 0 amide bonds. The minimum absolute atomic E-state index is 0.0715. The molecule has 39 heavy (non-hydrogen) atoms. The molecule has 208 valence electrons. The summed E-state index contributed by atoms with van der Waals surface area (Å²) < 4.78 is 25.6. The topological polar surface area (TPSA) is 54.9 Å². The normalized spacial score (nSPS) is 14.5. The molecule has 0 spiro atoms. The van der Waals surface area contributed by atoms with Gasteiger partial charge in [0.05, 0.1) is 6.61 Å². The van der Waals surface area contributed by atoms with Crippen LogP contribution in [0.2, 0.25) is 0 Å². The van der Waals surface area contributed by atoms with Gasteiger partial charge in [-0.05, 0) is 60.8 Å². The Balaban J connectivity index is 1.22. The summed E-state index contributed by atoms with van der Waals surface area (Å²) in [4.78, 5) is 21.9. The molecule has 1 fully saturated rings. The number of nitrogens with zero attached hydrogens (tertiary/aromatic N) is 3. The minimum atomic E-state index is -0.346. The fourth-order valence-corrected chi connectivity index (χ4v) is 4.49. The van der Waals surface area contributed by atoms with E-state index in [1.165, 1.54) is 12.1 Å². The number of carbonyl (C=O) groups excluding carboxylic acids is 1. The van der Waals surface area contributed by atoms with E-state index < -0.39 is 0 Å². The Bertz CT molecular complexity index is 1190. The van der Waals surface area contributed by atoms with Gasteiger partial charge in [-0.25, -0.2) is 4.39 Å². The number of aromatic nitrogens is 1. The lowest BCUT2D eigenvalue weighted by atomic mass is 10.0. The Kier molecular flexibility index (Phi) is 10.5. The van der Waals surface area contributed by atoms with E-state index in [9.17, 15) is 9.18 Å². The van der Waals surface area contributed by atoms with Gasteiger partial charge < -0.3 is 14.4 Å². The van der Waals surface area contributed by atoms with Crippen LogP contribution in [0.4, 0.5) is 4.39 Å². The summed E-state index contributed by atoms with van der Waals surface area (Å²) in [6.07, 6.45) is 2.85. The van der Waals surface area contributed by atoms with Crippen molar-refractivity contribution in [3.63, 3.8) is 0 Å². The molecule has 0 atom stereocenters. The van der Waals surface area contributed by atoms with Gasteiger partial charge in [-0.2, -0.15) is 0 Å². The quantitative estimate of drug-likeness (QED) is 0.298. The first-order chi connectivity index (χ1) is 18.8. The third kappa shape index (κ3) is 9.44. The van der Waals surface area contributed by atoms with Crippen molar-refractivity contribution >= 4 is 5.78 Å². The van der Waals surface area contributed by atoms with Crippen molar-refractivity contribution in [3.8, 4) is 22.6 Å². The number of likely N-dealkylation sites (N-methyl/N-ethyl adjacent to an activating group) is 1. The zero-order chi connectivity index (χ0) is 27.6. The zero-order valence-corrected chi connectivity index (χ0v) is 23.4. The fourth-order valence-electron chi connectivity index (χ4n) is 4.49. The molecule has 0 aliphatic carbocycles. The predicted octanol–water partition coefficient (Wildman–Crippen LogP) is 5.29. The maximum absolute atomic E-state index is 14.0. The average molecular weight is 534 g/mol. The van der Waals surface area contributed by atoms with Gasteiger partial charge in [-0.15, -0.1) is 0 Å². The number of ketones is 1. The molecule has 1 saturated heterocycles. The summed E-state index contributed by atoms with van der Waals surface area (Å²) in [7, 11) is 2.16. The number of Topliss-reactive ketones (excluding diaryl/α,β-unsaturated/α-hetero) is 1. The Labute approximate surface area is 231 Å². The van der Waals surface area contributed by atoms with Crippen LogP contribution in [0.3, 0.4) is 0 Å². The van der Waals surface area contributed by atoms with Gasteiger partial charge in [0.25, 0.3) is 0 Å². The number of hydrogen-bond acceptors (Lipinski definition) is 6. The molecule has 6 nitrogen and oxygen atoms in total. The summed E-state index contributed by atoms with van der Waals surface area (Å²) in [6.45, 7) is 10.6. The number of halogens is 1. The van der Waals surface area contributed by atoms with Gasteiger partial charge in [0.2, 0.25) is 0 Å². The van der Waals surface area contributed by atoms with Crippen LogP contribution in [0.5, 0.6) is 11.5 Å². The SMILES string of the molecule is CC(C)COc1cc(F)cc(CCC(=O)Cc2ccc(-c3ccc(OCCN4CCN(C)CC4)cc3)cn2)c1. The summed E-state index contributed by atoms with van der Waals surface area (Å²) >= 11 is 0. The molecule has 2 heterocycles. The van der Waals surface area contributed by atoms with Crippen LogP contribution in [-0.4, -0.2) is 73.6 Å². The summed E-state index contributed by atoms with van der Waals surface area (Å²) in [5, 5.41) is 0. The maximum Gasteiger partial charge on any atom is 0.139 e. The molecular weight excluding hydrogens is 493 g/mol. The molecule has 1 aromatic heterocycles. The first-order valence-corrected chi connectivity index (χ1v) is 13.9. The van der Waals surface area contributed by atoms with E-state index in [2.05, 4.69) is 21.8 Å². The molecular formula is C32H40FN3O3. The van der Waals surface area contributed by atoms with Crippen molar-refractivity contribution in [2.24, 2.45) is 5.92 Å². The molecule has 3 aromatic rings. The van der Waals surface area contributed by atoms with Crippen molar-refractivity contribution < 1.29 is 18.7 Å². The van der Waals surface area contributed by atoms with Crippen molar-refractivity contribution in [2.45, 2.75) is 33.1 Å². The van der Waals surface area contributed by atoms with Crippen LogP contribution < -0.4 is 9.47 Å². The van der Waals surface area contributed by atoms with Crippen molar-refractivity contribution in [3.05, 3.63) is 77.9 Å². The van der Waals surface area contributed by atoms with Crippen molar-refractivity contribution in [2.75, 3.05) is 53.0 Å². The second-order valence-corrected chi connectivity index (χ2v) is 10.8. The molecule has 7 heteroatoms. The van der Waals surface area contributed by atoms with Crippen LogP contribution in [0.25, 0.3) is 11.1 Å². The highest BCUT2D eigenvalue weighted by molar-refractivity contribution is 5.80. The molecule has 0 saturated carbocycles. The van der Waals surface area contributed by atoms with Gasteiger partial charge >= 0.3 is 0 Å². The highest BCUT2D eigenvalue weighted by atomic mass is 19.1. The van der Waals surface area contributed by atoms with E-state index in [4.69, 9.17) is 9.47 Å². The number of piperazine rings is 1. The van der Waals surface area contributed by atoms with Crippen LogP contribution in [0.1, 0.15) is 31.5 Å². The predicted molar refractivity (Wildman–Crippen MR) is 153 cm³/mol. The number of rotatable bonds is 13. The molecule has 4 rings (SSSR count). The number of benzene rings is 2. The Morgan fingerprint density at radius 1 is 0.949 bits per heavy atom. The monoisotopic (exact) mass is 533 g/mol. The first kappa shape index (κ1) is 28.7. The second kappa shape index (κ2) is 14.2. The number of pyridine rings is 1. The van der Waals surface area contributed by atoms with Crippen LogP contribution >= 0.6 is 0 Å². The van der Waals surface area contributed by atoms with E-state index >= 15 is 0 Å². The van der Waals surface area contributed by atoms with E-state index in [0.29, 0.717) is 37.7 Å². The summed E-state index contributed by atoms with van der Waals surface area (Å²) in [6, 6.07) is 16.6. The maximum atomic E-state index is 14.0. The lowest BCUT2D eigenvalue weighted by Gasteiger charge is -2.32. The van der Waals surface area contributed by atoms with E-state index in [1.807, 2.05) is 56.3 Å². The first-order valence-electron chi connectivity index (χ1n) is 13.9. The summed E-state index contributed by atoms with van der Waals surface area (Å²) in [5.41, 5.74) is 3.53. The lowest BCUT2D eigenvalue weighted by molar-refractivity contribution is -0.118. The largest absolute Gasteiger partial charge is 0.493 e. The number of aryl methyl sites for hydroxylation is 1. The molecule has 1 aliphatic rings. The molecule has 0 bridgehead atoms. The highest BCUT2D eigenvalue weighted by Gasteiger charge is 2.13. The summed E-state index contributed by atoms with van der Waals surface area (Å²) in [5.74, 6) is 1.45. The molecule has 0 radical (unpaired) electrons. The number of carbonyl (C=O) groups is 1. The molecule has 1 aliphatic heterocycles. The van der Waals surface area contributed by atoms with Crippen molar-refractivity contribution in [1.82, 2.24) is 14.8 Å². The number of ether oxygens (including phenoxy) is 2. The fraction of sp³-hybridized carbons (Fsp3) is 0.438. The molecule has 0 N–H and O–H groups in total. The Morgan fingerprint density at radius 2 is 1.69 bits per heavy atom.